The van der Waals surface area contributed by atoms with Crippen LogP contribution in [-0.4, -0.2) is 80.3 Å². The third-order valence-corrected chi connectivity index (χ3v) is 4.80. The van der Waals surface area contributed by atoms with E-state index in [9.17, 15) is 14.4 Å². The zero-order valence-electron chi connectivity index (χ0n) is 19.0. The van der Waals surface area contributed by atoms with E-state index in [0.717, 1.165) is 5.56 Å². The molecule has 1 aromatic carbocycles. The average Bonchev–Trinajstić information content (AvgIpc) is 2.72. The highest BCUT2D eigenvalue weighted by Gasteiger charge is 2.24. The highest BCUT2D eigenvalue weighted by Crippen LogP contribution is 2.27. The van der Waals surface area contributed by atoms with Crippen molar-refractivity contribution >= 4 is 17.9 Å². The van der Waals surface area contributed by atoms with Gasteiger partial charge in [-0.3, -0.25) is 9.59 Å². The number of nitrogens with one attached hydrogen (secondary N) is 1. The van der Waals surface area contributed by atoms with Gasteiger partial charge in [0.05, 0.1) is 20.6 Å². The minimum absolute atomic E-state index is 0.00547. The number of nitrogens with zero attached hydrogens (tertiary/aromatic N) is 2. The summed E-state index contributed by atoms with van der Waals surface area (Å²) in [6.07, 6.45) is -0.0849. The van der Waals surface area contributed by atoms with E-state index in [1.165, 1.54) is 0 Å². The summed E-state index contributed by atoms with van der Waals surface area (Å²) in [6, 6.07) is 5.42. The Hall–Kier alpha value is -2.97. The molecule has 1 aromatic rings. The molecule has 0 aliphatic carbocycles. The molecule has 1 aliphatic heterocycles. The molecule has 0 unspecified atom stereocenters. The van der Waals surface area contributed by atoms with Crippen molar-refractivity contribution in [1.82, 2.24) is 15.1 Å². The minimum atomic E-state index is -0.575. The molecule has 0 spiro atoms. The Bertz CT molecular complexity index is 782. The van der Waals surface area contributed by atoms with Crippen LogP contribution in [0.15, 0.2) is 18.2 Å². The molecule has 0 aromatic heterocycles. The largest absolute Gasteiger partial charge is 0.493 e. The second kappa shape index (κ2) is 10.9. The van der Waals surface area contributed by atoms with E-state index in [-0.39, 0.29) is 31.2 Å². The zero-order chi connectivity index (χ0) is 23.0. The number of alkyl carbamates (subject to hydrolysis) is 1. The van der Waals surface area contributed by atoms with E-state index in [4.69, 9.17) is 14.2 Å². The molecule has 2 rings (SSSR count). The molecular formula is C22H33N3O6. The molecular weight excluding hydrogens is 402 g/mol. The maximum absolute atomic E-state index is 12.6. The fourth-order valence-corrected chi connectivity index (χ4v) is 3.23. The van der Waals surface area contributed by atoms with Gasteiger partial charge in [-0.25, -0.2) is 4.79 Å². The van der Waals surface area contributed by atoms with Gasteiger partial charge in [0.2, 0.25) is 11.8 Å². The lowest BCUT2D eigenvalue weighted by Crippen LogP contribution is -2.51. The summed E-state index contributed by atoms with van der Waals surface area (Å²) in [5.41, 5.74) is 0.267. The smallest absolute Gasteiger partial charge is 0.407 e. The first-order valence-electron chi connectivity index (χ1n) is 10.4. The van der Waals surface area contributed by atoms with Gasteiger partial charge in [0.15, 0.2) is 11.5 Å². The third-order valence-electron chi connectivity index (χ3n) is 4.80. The molecule has 9 heteroatoms. The van der Waals surface area contributed by atoms with Crippen molar-refractivity contribution in [1.29, 1.82) is 0 Å². The molecule has 1 N–H and O–H groups in total. The number of hydrogen-bond acceptors (Lipinski definition) is 6. The van der Waals surface area contributed by atoms with Gasteiger partial charge in [-0.1, -0.05) is 6.07 Å². The van der Waals surface area contributed by atoms with Crippen molar-refractivity contribution < 1.29 is 28.6 Å². The molecule has 0 bridgehead atoms. The number of piperazine rings is 1. The van der Waals surface area contributed by atoms with Crippen LogP contribution in [0.5, 0.6) is 11.5 Å². The van der Waals surface area contributed by atoms with Crippen molar-refractivity contribution in [3.63, 3.8) is 0 Å². The Labute approximate surface area is 183 Å². The SMILES string of the molecule is COc1ccc(CC(=O)N2CCN(C(=O)CCNC(=O)OC(C)(C)C)CC2)cc1OC. The van der Waals surface area contributed by atoms with Crippen LogP contribution in [0, 0.1) is 0 Å². The predicted molar refractivity (Wildman–Crippen MR) is 115 cm³/mol. The first-order valence-corrected chi connectivity index (χ1v) is 10.4. The fourth-order valence-electron chi connectivity index (χ4n) is 3.23. The van der Waals surface area contributed by atoms with Gasteiger partial charge >= 0.3 is 6.09 Å². The number of amides is 3. The monoisotopic (exact) mass is 435 g/mol. The number of methoxy groups -OCH3 is 2. The molecule has 0 saturated carbocycles. The van der Waals surface area contributed by atoms with E-state index < -0.39 is 11.7 Å². The van der Waals surface area contributed by atoms with Gasteiger partial charge in [-0.05, 0) is 38.5 Å². The fraction of sp³-hybridized carbons (Fsp3) is 0.591. The molecule has 1 saturated heterocycles. The molecule has 3 amide bonds. The summed E-state index contributed by atoms with van der Waals surface area (Å²) < 4.78 is 15.7. The van der Waals surface area contributed by atoms with Gasteiger partial charge < -0.3 is 29.3 Å². The number of hydrogen-bond donors (Lipinski definition) is 1. The highest BCUT2D eigenvalue weighted by atomic mass is 16.6. The van der Waals surface area contributed by atoms with Crippen LogP contribution in [0.1, 0.15) is 32.8 Å². The first-order chi connectivity index (χ1) is 14.6. The van der Waals surface area contributed by atoms with Crippen LogP contribution in [0.25, 0.3) is 0 Å². The summed E-state index contributed by atoms with van der Waals surface area (Å²) in [6.45, 7) is 7.48. The molecule has 0 atom stereocenters. The van der Waals surface area contributed by atoms with E-state index in [2.05, 4.69) is 5.32 Å². The molecule has 1 aliphatic rings. The Morgan fingerprint density at radius 3 is 2.06 bits per heavy atom. The number of rotatable bonds is 7. The van der Waals surface area contributed by atoms with Gasteiger partial charge in [-0.15, -0.1) is 0 Å². The maximum atomic E-state index is 12.6. The van der Waals surface area contributed by atoms with Gasteiger partial charge in [0.1, 0.15) is 5.60 Å². The van der Waals surface area contributed by atoms with Crippen molar-refractivity contribution in [3.8, 4) is 11.5 Å². The van der Waals surface area contributed by atoms with Crippen LogP contribution in [0.4, 0.5) is 4.79 Å². The summed E-state index contributed by atoms with van der Waals surface area (Å²) in [5.74, 6) is 1.16. The normalized spacial score (nSPS) is 14.1. The summed E-state index contributed by atoms with van der Waals surface area (Å²) >= 11 is 0. The Balaban J connectivity index is 1.75. The van der Waals surface area contributed by atoms with Crippen molar-refractivity contribution in [2.75, 3.05) is 46.9 Å². The van der Waals surface area contributed by atoms with Crippen LogP contribution >= 0.6 is 0 Å². The Morgan fingerprint density at radius 1 is 0.935 bits per heavy atom. The number of ether oxygens (including phenoxy) is 3. The molecule has 31 heavy (non-hydrogen) atoms. The van der Waals surface area contributed by atoms with Crippen LogP contribution in [-0.2, 0) is 20.7 Å². The number of carbonyl (C=O) groups excluding carboxylic acids is 3. The second-order valence-electron chi connectivity index (χ2n) is 8.31. The quantitative estimate of drug-likeness (QED) is 0.702. The molecule has 172 valence electrons. The maximum Gasteiger partial charge on any atom is 0.407 e. The van der Waals surface area contributed by atoms with Crippen molar-refractivity contribution in [2.24, 2.45) is 0 Å². The van der Waals surface area contributed by atoms with E-state index in [1.807, 2.05) is 6.07 Å². The topological polar surface area (TPSA) is 97.4 Å². The Morgan fingerprint density at radius 2 is 1.52 bits per heavy atom. The predicted octanol–water partition coefficient (Wildman–Crippen LogP) is 1.83. The lowest BCUT2D eigenvalue weighted by atomic mass is 10.1. The summed E-state index contributed by atoms with van der Waals surface area (Å²) in [4.78, 5) is 40.1. The van der Waals surface area contributed by atoms with E-state index >= 15 is 0 Å². The Kier molecular flexibility index (Phi) is 8.53. The second-order valence-corrected chi connectivity index (χ2v) is 8.31. The highest BCUT2D eigenvalue weighted by molar-refractivity contribution is 5.80. The lowest BCUT2D eigenvalue weighted by molar-refractivity contribution is -0.139. The van der Waals surface area contributed by atoms with Gasteiger partial charge in [0.25, 0.3) is 0 Å². The molecule has 1 heterocycles. The number of carbonyl (C=O) groups is 3. The molecule has 0 radical (unpaired) electrons. The van der Waals surface area contributed by atoms with Crippen LogP contribution < -0.4 is 14.8 Å². The molecule has 1 fully saturated rings. The van der Waals surface area contributed by atoms with Crippen molar-refractivity contribution in [2.45, 2.75) is 39.2 Å². The standard InChI is InChI=1S/C22H33N3O6/c1-22(2,3)31-21(28)23-9-8-19(26)24-10-12-25(13-11-24)20(27)15-16-6-7-17(29-4)18(14-16)30-5/h6-7,14H,8-13,15H2,1-5H3,(H,23,28). The van der Waals surface area contributed by atoms with E-state index in [0.29, 0.717) is 37.7 Å². The average molecular weight is 436 g/mol. The van der Waals surface area contributed by atoms with Crippen LogP contribution in [0.3, 0.4) is 0 Å². The summed E-state index contributed by atoms with van der Waals surface area (Å²) in [7, 11) is 3.12. The van der Waals surface area contributed by atoms with Gasteiger partial charge in [0, 0.05) is 39.1 Å². The summed E-state index contributed by atoms with van der Waals surface area (Å²) in [5, 5.41) is 2.59. The lowest BCUT2D eigenvalue weighted by Gasteiger charge is -2.35. The van der Waals surface area contributed by atoms with E-state index in [1.54, 1.807) is 56.9 Å². The van der Waals surface area contributed by atoms with Crippen molar-refractivity contribution in [3.05, 3.63) is 23.8 Å². The van der Waals surface area contributed by atoms with Gasteiger partial charge in [-0.2, -0.15) is 0 Å². The number of benzene rings is 1. The molecule has 9 nitrogen and oxygen atoms in total. The minimum Gasteiger partial charge on any atom is -0.493 e. The first kappa shape index (κ1) is 24.3. The van der Waals surface area contributed by atoms with Crippen LogP contribution in [0.2, 0.25) is 0 Å². The zero-order valence-corrected chi connectivity index (χ0v) is 19.0. The third kappa shape index (κ3) is 7.66.